The van der Waals surface area contributed by atoms with Crippen LogP contribution in [0.15, 0.2) is 73.1 Å². The number of rotatable bonds is 7. The third-order valence-electron chi connectivity index (χ3n) is 5.04. The zero-order chi connectivity index (χ0) is 21.6. The van der Waals surface area contributed by atoms with Gasteiger partial charge in [0.05, 0.1) is 5.39 Å². The van der Waals surface area contributed by atoms with Crippen LogP contribution in [0.25, 0.3) is 11.0 Å². The quantitative estimate of drug-likeness (QED) is 0.454. The average Bonchev–Trinajstić information content (AvgIpc) is 2.80. The van der Waals surface area contributed by atoms with Crippen LogP contribution in [0.4, 0.5) is 11.5 Å². The molecule has 2 heterocycles. The molecule has 0 saturated carbocycles. The molecule has 4 aromatic rings. The number of pyridine rings is 1. The number of fused-ring (bicyclic) bond motifs is 1. The summed E-state index contributed by atoms with van der Waals surface area (Å²) in [6.07, 6.45) is 2.30. The van der Waals surface area contributed by atoms with Crippen LogP contribution in [0.5, 0.6) is 0 Å². The first-order chi connectivity index (χ1) is 15.1. The number of nitrogens with zero attached hydrogens (tertiary/aromatic N) is 3. The van der Waals surface area contributed by atoms with Gasteiger partial charge in [0.2, 0.25) is 0 Å². The molecule has 2 aromatic heterocycles. The number of aromatic nitrogens is 3. The molecule has 0 aliphatic carbocycles. The maximum atomic E-state index is 12.6. The first-order valence-corrected chi connectivity index (χ1v) is 10.4. The summed E-state index contributed by atoms with van der Waals surface area (Å²) in [7, 11) is 0. The fraction of sp³-hybridized carbons (Fsp3) is 0.200. The molecule has 2 N–H and O–H groups in total. The molecule has 6 heteroatoms. The van der Waals surface area contributed by atoms with Crippen LogP contribution in [0.2, 0.25) is 0 Å². The van der Waals surface area contributed by atoms with Gasteiger partial charge in [-0.1, -0.05) is 50.2 Å². The molecule has 31 heavy (non-hydrogen) atoms. The predicted molar refractivity (Wildman–Crippen MR) is 124 cm³/mol. The zero-order valence-electron chi connectivity index (χ0n) is 17.7. The first kappa shape index (κ1) is 20.5. The number of hydrogen-bond donors (Lipinski definition) is 2. The summed E-state index contributed by atoms with van der Waals surface area (Å²) < 4.78 is 0. The fourth-order valence-electron chi connectivity index (χ4n) is 3.32. The van der Waals surface area contributed by atoms with Crippen molar-refractivity contribution in [1.82, 2.24) is 20.3 Å². The molecular formula is C25H25N5O. The molecule has 0 atom stereocenters. The normalized spacial score (nSPS) is 10.9. The second-order valence-electron chi connectivity index (χ2n) is 7.68. The molecule has 156 valence electrons. The van der Waals surface area contributed by atoms with Crippen molar-refractivity contribution in [2.75, 3.05) is 11.9 Å². The Balaban J connectivity index is 1.46. The summed E-state index contributed by atoms with van der Waals surface area (Å²) in [4.78, 5) is 25.9. The molecular weight excluding hydrogens is 386 g/mol. The van der Waals surface area contributed by atoms with Crippen molar-refractivity contribution in [3.8, 4) is 0 Å². The molecule has 1 amide bonds. The summed E-state index contributed by atoms with van der Waals surface area (Å²) in [5.41, 5.74) is 4.22. The van der Waals surface area contributed by atoms with Crippen molar-refractivity contribution >= 4 is 28.4 Å². The van der Waals surface area contributed by atoms with E-state index in [1.807, 2.05) is 48.5 Å². The van der Waals surface area contributed by atoms with Gasteiger partial charge in [-0.25, -0.2) is 15.0 Å². The van der Waals surface area contributed by atoms with E-state index in [9.17, 15) is 4.79 Å². The molecule has 0 fully saturated rings. The second kappa shape index (κ2) is 9.34. The number of hydrogen-bond acceptors (Lipinski definition) is 5. The van der Waals surface area contributed by atoms with E-state index >= 15 is 0 Å². The number of nitrogens with one attached hydrogen (secondary N) is 2. The van der Waals surface area contributed by atoms with E-state index in [1.54, 1.807) is 6.07 Å². The highest BCUT2D eigenvalue weighted by atomic mass is 16.1. The van der Waals surface area contributed by atoms with Crippen LogP contribution in [0.1, 0.15) is 41.4 Å². The van der Waals surface area contributed by atoms with Crippen LogP contribution in [0.3, 0.4) is 0 Å². The molecule has 0 aliphatic rings. The SMILES string of the molecule is CC(C)c1ccc2c(Nc3cccc(C(=O)NCCc4ccccc4)c3)ncnc2n1. The lowest BCUT2D eigenvalue weighted by Crippen LogP contribution is -2.25. The van der Waals surface area contributed by atoms with Gasteiger partial charge in [0.25, 0.3) is 5.91 Å². The van der Waals surface area contributed by atoms with Gasteiger partial charge in [-0.2, -0.15) is 0 Å². The summed E-state index contributed by atoms with van der Waals surface area (Å²) in [6.45, 7) is 4.79. The topological polar surface area (TPSA) is 79.8 Å². The second-order valence-corrected chi connectivity index (χ2v) is 7.68. The van der Waals surface area contributed by atoms with Gasteiger partial charge >= 0.3 is 0 Å². The van der Waals surface area contributed by atoms with E-state index in [0.29, 0.717) is 29.5 Å². The van der Waals surface area contributed by atoms with Gasteiger partial charge in [-0.15, -0.1) is 0 Å². The van der Waals surface area contributed by atoms with Crippen LogP contribution in [-0.2, 0) is 6.42 Å². The van der Waals surface area contributed by atoms with Gasteiger partial charge in [-0.05, 0) is 48.2 Å². The summed E-state index contributed by atoms with van der Waals surface area (Å²) in [5.74, 6) is 0.887. The van der Waals surface area contributed by atoms with Gasteiger partial charge in [0.1, 0.15) is 12.1 Å². The van der Waals surface area contributed by atoms with Crippen molar-refractivity contribution in [1.29, 1.82) is 0 Å². The Labute approximate surface area is 181 Å². The van der Waals surface area contributed by atoms with E-state index in [-0.39, 0.29) is 5.91 Å². The minimum absolute atomic E-state index is 0.102. The zero-order valence-corrected chi connectivity index (χ0v) is 17.7. The van der Waals surface area contributed by atoms with Crippen molar-refractivity contribution in [3.05, 3.63) is 89.9 Å². The van der Waals surface area contributed by atoms with E-state index in [0.717, 1.165) is 23.2 Å². The molecule has 6 nitrogen and oxygen atoms in total. The molecule has 0 spiro atoms. The summed E-state index contributed by atoms with van der Waals surface area (Å²) in [5, 5.41) is 7.12. The third kappa shape index (κ3) is 5.04. The van der Waals surface area contributed by atoms with Crippen molar-refractivity contribution < 1.29 is 4.79 Å². The number of amides is 1. The Hall–Kier alpha value is -3.80. The maximum Gasteiger partial charge on any atom is 0.251 e. The maximum absolute atomic E-state index is 12.6. The number of carbonyl (C=O) groups excluding carboxylic acids is 1. The lowest BCUT2D eigenvalue weighted by Gasteiger charge is -2.11. The van der Waals surface area contributed by atoms with Crippen molar-refractivity contribution in [3.63, 3.8) is 0 Å². The number of carbonyl (C=O) groups is 1. The Morgan fingerprint density at radius 2 is 1.81 bits per heavy atom. The van der Waals surface area contributed by atoms with Crippen LogP contribution < -0.4 is 10.6 Å². The number of anilines is 2. The lowest BCUT2D eigenvalue weighted by atomic mass is 10.1. The summed E-state index contributed by atoms with van der Waals surface area (Å²) >= 11 is 0. The Bertz CT molecular complexity index is 1190. The minimum atomic E-state index is -0.102. The minimum Gasteiger partial charge on any atom is -0.352 e. The molecule has 0 saturated heterocycles. The Morgan fingerprint density at radius 1 is 0.968 bits per heavy atom. The smallest absolute Gasteiger partial charge is 0.251 e. The van der Waals surface area contributed by atoms with E-state index in [4.69, 9.17) is 0 Å². The molecule has 2 aromatic carbocycles. The highest BCUT2D eigenvalue weighted by Crippen LogP contribution is 2.24. The largest absolute Gasteiger partial charge is 0.352 e. The van der Waals surface area contributed by atoms with Crippen LogP contribution in [-0.4, -0.2) is 27.4 Å². The highest BCUT2D eigenvalue weighted by molar-refractivity contribution is 5.95. The average molecular weight is 412 g/mol. The molecule has 0 unspecified atom stereocenters. The number of benzene rings is 2. The van der Waals surface area contributed by atoms with Crippen LogP contribution >= 0.6 is 0 Å². The fourth-order valence-corrected chi connectivity index (χ4v) is 3.32. The standard InChI is InChI=1S/C25H25N5O/c1-17(2)22-12-11-21-23(27-16-28-24(21)30-22)29-20-10-6-9-19(15-20)25(31)26-14-13-18-7-4-3-5-8-18/h3-12,15-17H,13-14H2,1-2H3,(H,26,31)(H,27,28,29,30). The first-order valence-electron chi connectivity index (χ1n) is 10.4. The van der Waals surface area contributed by atoms with E-state index in [1.165, 1.54) is 11.9 Å². The molecule has 4 rings (SSSR count). The molecule has 0 radical (unpaired) electrons. The molecule has 0 bridgehead atoms. The lowest BCUT2D eigenvalue weighted by molar-refractivity contribution is 0.0954. The monoisotopic (exact) mass is 411 g/mol. The van der Waals surface area contributed by atoms with Gasteiger partial charge < -0.3 is 10.6 Å². The van der Waals surface area contributed by atoms with E-state index < -0.39 is 0 Å². The summed E-state index contributed by atoms with van der Waals surface area (Å²) in [6, 6.07) is 21.5. The third-order valence-corrected chi connectivity index (χ3v) is 5.04. The highest BCUT2D eigenvalue weighted by Gasteiger charge is 2.10. The van der Waals surface area contributed by atoms with Gasteiger partial charge in [-0.3, -0.25) is 4.79 Å². The van der Waals surface area contributed by atoms with Gasteiger partial charge in [0.15, 0.2) is 5.65 Å². The Kier molecular flexibility index (Phi) is 6.17. The molecule has 0 aliphatic heterocycles. The van der Waals surface area contributed by atoms with Crippen molar-refractivity contribution in [2.24, 2.45) is 0 Å². The van der Waals surface area contributed by atoms with Crippen molar-refractivity contribution in [2.45, 2.75) is 26.2 Å². The van der Waals surface area contributed by atoms with Crippen LogP contribution in [0, 0.1) is 0 Å². The van der Waals surface area contributed by atoms with E-state index in [2.05, 4.69) is 51.6 Å². The Morgan fingerprint density at radius 3 is 2.61 bits per heavy atom. The van der Waals surface area contributed by atoms with Gasteiger partial charge in [0, 0.05) is 23.5 Å². The predicted octanol–water partition coefficient (Wildman–Crippen LogP) is 4.86.